The van der Waals surface area contributed by atoms with Crippen LogP contribution in [0.25, 0.3) is 0 Å². The first-order valence-electron chi connectivity index (χ1n) is 1.42. The SMILES string of the molecule is C=C(Cl)CON. The lowest BCUT2D eigenvalue weighted by atomic mass is 10.7. The van der Waals surface area contributed by atoms with Gasteiger partial charge < -0.3 is 0 Å². The van der Waals surface area contributed by atoms with Crippen molar-refractivity contribution in [1.82, 2.24) is 0 Å². The fourth-order valence-electron chi connectivity index (χ4n) is 0.0904. The standard InChI is InChI=1S/C3H6ClNO/c1-3(4)2-6-5/h1-2,5H2. The molecule has 0 saturated carbocycles. The number of hydrogen-bond acceptors (Lipinski definition) is 2. The van der Waals surface area contributed by atoms with Crippen LogP contribution in [-0.2, 0) is 4.84 Å². The second-order valence-electron chi connectivity index (χ2n) is 0.828. The van der Waals surface area contributed by atoms with E-state index < -0.39 is 0 Å². The fraction of sp³-hybridized carbons (Fsp3) is 0.333. The molecule has 0 aliphatic rings. The average Bonchev–Trinajstić information content (AvgIpc) is 1.35. The molecular formula is C3H6ClNO. The van der Waals surface area contributed by atoms with Crippen molar-refractivity contribution < 1.29 is 4.84 Å². The molecule has 0 saturated heterocycles. The topological polar surface area (TPSA) is 35.2 Å². The number of hydrogen-bond donors (Lipinski definition) is 1. The average molecular weight is 108 g/mol. The quantitative estimate of drug-likeness (QED) is 0.526. The Morgan fingerprint density at radius 1 is 2.00 bits per heavy atom. The zero-order valence-electron chi connectivity index (χ0n) is 3.28. The lowest BCUT2D eigenvalue weighted by molar-refractivity contribution is 0.165. The summed E-state index contributed by atoms with van der Waals surface area (Å²) in [6, 6.07) is 0. The molecule has 2 N–H and O–H groups in total. The van der Waals surface area contributed by atoms with Crippen molar-refractivity contribution in [1.29, 1.82) is 0 Å². The minimum absolute atomic E-state index is 0.224. The van der Waals surface area contributed by atoms with Crippen LogP contribution in [0, 0.1) is 0 Å². The highest BCUT2D eigenvalue weighted by Crippen LogP contribution is 1.92. The summed E-state index contributed by atoms with van der Waals surface area (Å²) in [6.45, 7) is 3.53. The third kappa shape index (κ3) is 3.95. The van der Waals surface area contributed by atoms with Crippen molar-refractivity contribution in [2.24, 2.45) is 5.90 Å². The summed E-state index contributed by atoms with van der Waals surface area (Å²) in [7, 11) is 0. The van der Waals surface area contributed by atoms with Crippen LogP contribution < -0.4 is 5.90 Å². The Hall–Kier alpha value is -0.0500. The van der Waals surface area contributed by atoms with Crippen molar-refractivity contribution in [2.75, 3.05) is 6.61 Å². The zero-order valence-corrected chi connectivity index (χ0v) is 4.03. The van der Waals surface area contributed by atoms with Gasteiger partial charge in [0.05, 0.1) is 0 Å². The highest BCUT2D eigenvalue weighted by atomic mass is 35.5. The van der Waals surface area contributed by atoms with E-state index in [-0.39, 0.29) is 6.61 Å². The van der Waals surface area contributed by atoms with E-state index in [9.17, 15) is 0 Å². The van der Waals surface area contributed by atoms with Crippen molar-refractivity contribution in [3.05, 3.63) is 11.6 Å². The molecule has 3 heteroatoms. The predicted molar refractivity (Wildman–Crippen MR) is 25.1 cm³/mol. The van der Waals surface area contributed by atoms with Crippen LogP contribution in [0.2, 0.25) is 0 Å². The maximum atomic E-state index is 5.18. The number of halogens is 1. The molecule has 0 amide bonds. The Morgan fingerprint density at radius 2 is 2.50 bits per heavy atom. The molecule has 0 aromatic rings. The Morgan fingerprint density at radius 3 is 2.50 bits per heavy atom. The summed E-state index contributed by atoms with van der Waals surface area (Å²) in [4.78, 5) is 4.07. The normalized spacial score (nSPS) is 8.33. The third-order valence-corrected chi connectivity index (χ3v) is 0.349. The van der Waals surface area contributed by atoms with Crippen molar-refractivity contribution in [2.45, 2.75) is 0 Å². The van der Waals surface area contributed by atoms with Gasteiger partial charge in [-0.05, 0) is 0 Å². The highest BCUT2D eigenvalue weighted by Gasteiger charge is 1.79. The van der Waals surface area contributed by atoms with Crippen LogP contribution >= 0.6 is 11.6 Å². The summed E-state index contributed by atoms with van der Waals surface area (Å²) < 4.78 is 0. The van der Waals surface area contributed by atoms with E-state index in [0.717, 1.165) is 0 Å². The minimum Gasteiger partial charge on any atom is -0.299 e. The highest BCUT2D eigenvalue weighted by molar-refractivity contribution is 6.29. The smallest absolute Gasteiger partial charge is 0.103 e. The molecule has 0 aliphatic heterocycles. The van der Waals surface area contributed by atoms with Crippen molar-refractivity contribution >= 4 is 11.6 Å². The van der Waals surface area contributed by atoms with Gasteiger partial charge >= 0.3 is 0 Å². The van der Waals surface area contributed by atoms with Crippen LogP contribution in [0.5, 0.6) is 0 Å². The molecule has 0 bridgehead atoms. The largest absolute Gasteiger partial charge is 0.299 e. The van der Waals surface area contributed by atoms with Gasteiger partial charge in [-0.2, -0.15) is 0 Å². The maximum absolute atomic E-state index is 5.18. The van der Waals surface area contributed by atoms with E-state index in [2.05, 4.69) is 17.3 Å². The summed E-state index contributed by atoms with van der Waals surface area (Å²) >= 11 is 5.18. The molecule has 0 aromatic heterocycles. The van der Waals surface area contributed by atoms with E-state index in [1.54, 1.807) is 0 Å². The van der Waals surface area contributed by atoms with Crippen LogP contribution in [0.4, 0.5) is 0 Å². The summed E-state index contributed by atoms with van der Waals surface area (Å²) in [5.74, 6) is 4.58. The monoisotopic (exact) mass is 107 g/mol. The summed E-state index contributed by atoms with van der Waals surface area (Å²) in [6.07, 6.45) is 0. The van der Waals surface area contributed by atoms with Crippen molar-refractivity contribution in [3.63, 3.8) is 0 Å². The number of nitrogens with two attached hydrogens (primary N) is 1. The fourth-order valence-corrected chi connectivity index (χ4v) is 0.153. The van der Waals surface area contributed by atoms with Crippen molar-refractivity contribution in [3.8, 4) is 0 Å². The second-order valence-corrected chi connectivity index (χ2v) is 1.36. The molecular weight excluding hydrogens is 101 g/mol. The maximum Gasteiger partial charge on any atom is 0.103 e. The molecule has 0 spiro atoms. The van der Waals surface area contributed by atoms with Gasteiger partial charge in [-0.15, -0.1) is 0 Å². The van der Waals surface area contributed by atoms with Gasteiger partial charge in [0, 0.05) is 5.03 Å². The van der Waals surface area contributed by atoms with Gasteiger partial charge in [0.15, 0.2) is 0 Å². The minimum atomic E-state index is 0.224. The Balaban J connectivity index is 2.83. The Kier molecular flexibility index (Phi) is 3.13. The Labute approximate surface area is 41.5 Å². The van der Waals surface area contributed by atoms with Gasteiger partial charge in [-0.25, -0.2) is 5.90 Å². The van der Waals surface area contributed by atoms with Crippen LogP contribution in [0.15, 0.2) is 11.6 Å². The van der Waals surface area contributed by atoms with E-state index >= 15 is 0 Å². The molecule has 0 rings (SSSR count). The molecule has 0 atom stereocenters. The van der Waals surface area contributed by atoms with Crippen LogP contribution in [0.3, 0.4) is 0 Å². The van der Waals surface area contributed by atoms with E-state index in [4.69, 9.17) is 11.6 Å². The van der Waals surface area contributed by atoms with E-state index in [0.29, 0.717) is 5.03 Å². The number of rotatable bonds is 2. The zero-order chi connectivity index (χ0) is 4.99. The molecule has 2 nitrogen and oxygen atoms in total. The van der Waals surface area contributed by atoms with Gasteiger partial charge in [0.1, 0.15) is 6.61 Å². The van der Waals surface area contributed by atoms with Gasteiger partial charge in [0.25, 0.3) is 0 Å². The molecule has 0 aromatic carbocycles. The van der Waals surface area contributed by atoms with Crippen LogP contribution in [-0.4, -0.2) is 6.61 Å². The first kappa shape index (κ1) is 5.95. The van der Waals surface area contributed by atoms with E-state index in [1.807, 2.05) is 0 Å². The first-order chi connectivity index (χ1) is 2.77. The lowest BCUT2D eigenvalue weighted by Crippen LogP contribution is -1.99. The molecule has 0 aliphatic carbocycles. The molecule has 0 radical (unpaired) electrons. The predicted octanol–water partition coefficient (Wildman–Crippen LogP) is 0.629. The van der Waals surface area contributed by atoms with Gasteiger partial charge in [-0.3, -0.25) is 4.84 Å². The molecule has 0 heterocycles. The summed E-state index contributed by atoms with van der Waals surface area (Å²) in [5.41, 5.74) is 0. The second kappa shape index (κ2) is 3.15. The van der Waals surface area contributed by atoms with Crippen LogP contribution in [0.1, 0.15) is 0 Å². The molecule has 6 heavy (non-hydrogen) atoms. The van der Waals surface area contributed by atoms with E-state index in [1.165, 1.54) is 0 Å². The van der Waals surface area contributed by atoms with Gasteiger partial charge in [0.2, 0.25) is 0 Å². The molecule has 0 fully saturated rings. The Bertz CT molecular complexity index is 54.8. The van der Waals surface area contributed by atoms with Gasteiger partial charge in [-0.1, -0.05) is 18.2 Å². The molecule has 36 valence electrons. The first-order valence-corrected chi connectivity index (χ1v) is 1.80. The summed E-state index contributed by atoms with van der Waals surface area (Å²) in [5, 5.41) is 0.414. The third-order valence-electron chi connectivity index (χ3n) is 0.240. The lowest BCUT2D eigenvalue weighted by Gasteiger charge is -1.87. The molecule has 0 unspecified atom stereocenters.